The maximum absolute atomic E-state index is 5.68. The molecule has 1 N–H and O–H groups in total. The van der Waals surface area contributed by atoms with Crippen molar-refractivity contribution in [2.75, 3.05) is 26.4 Å². The van der Waals surface area contributed by atoms with Crippen LogP contribution in [0.25, 0.3) is 0 Å². The Labute approximate surface area is 99.9 Å². The van der Waals surface area contributed by atoms with E-state index in [2.05, 4.69) is 33.0 Å². The number of nitrogens with one attached hydrogen (secondary N) is 1. The molecule has 0 amide bonds. The fraction of sp³-hybridized carbons (Fsp3) is 1.00. The summed E-state index contributed by atoms with van der Waals surface area (Å²) in [6.07, 6.45) is 2.38. The summed E-state index contributed by atoms with van der Waals surface area (Å²) < 4.78 is 11.0. The van der Waals surface area contributed by atoms with Crippen LogP contribution in [0.2, 0.25) is 0 Å². The zero-order valence-electron chi connectivity index (χ0n) is 11.2. The molecule has 1 aliphatic heterocycles. The largest absolute Gasteiger partial charge is 0.381 e. The van der Waals surface area contributed by atoms with E-state index in [9.17, 15) is 0 Å². The molecule has 96 valence electrons. The molecule has 1 heterocycles. The summed E-state index contributed by atoms with van der Waals surface area (Å²) in [5, 5.41) is 3.54. The van der Waals surface area contributed by atoms with Crippen LogP contribution in [0.3, 0.4) is 0 Å². The highest BCUT2D eigenvalue weighted by atomic mass is 16.5. The first kappa shape index (κ1) is 13.9. The minimum absolute atomic E-state index is 0.0242. The lowest BCUT2D eigenvalue weighted by atomic mass is 9.93. The van der Waals surface area contributed by atoms with E-state index in [-0.39, 0.29) is 5.60 Å². The monoisotopic (exact) mass is 229 g/mol. The van der Waals surface area contributed by atoms with Gasteiger partial charge in [-0.15, -0.1) is 0 Å². The Morgan fingerprint density at radius 3 is 2.50 bits per heavy atom. The fourth-order valence-corrected chi connectivity index (χ4v) is 2.03. The Morgan fingerprint density at radius 2 is 1.94 bits per heavy atom. The van der Waals surface area contributed by atoms with Crippen molar-refractivity contribution in [3.63, 3.8) is 0 Å². The van der Waals surface area contributed by atoms with Gasteiger partial charge >= 0.3 is 0 Å². The normalized spacial score (nSPS) is 21.0. The molecule has 0 aromatic heterocycles. The van der Waals surface area contributed by atoms with E-state index in [0.717, 1.165) is 32.3 Å². The molecule has 0 spiro atoms. The number of ether oxygens (including phenoxy) is 2. The number of hydrogen-bond acceptors (Lipinski definition) is 3. The van der Waals surface area contributed by atoms with Gasteiger partial charge in [-0.05, 0) is 46.5 Å². The zero-order chi connectivity index (χ0) is 12.0. The van der Waals surface area contributed by atoms with Crippen molar-refractivity contribution in [3.8, 4) is 0 Å². The lowest BCUT2D eigenvalue weighted by molar-refractivity contribution is -0.00334. The summed E-state index contributed by atoms with van der Waals surface area (Å²) in [5.41, 5.74) is -0.0242. The van der Waals surface area contributed by atoms with Crippen LogP contribution in [0.4, 0.5) is 0 Å². The van der Waals surface area contributed by atoms with Gasteiger partial charge in [0.25, 0.3) is 0 Å². The average molecular weight is 229 g/mol. The van der Waals surface area contributed by atoms with Gasteiger partial charge in [0.05, 0.1) is 12.2 Å². The molecular formula is C13H27NO2. The molecule has 0 aromatic rings. The van der Waals surface area contributed by atoms with Crippen molar-refractivity contribution < 1.29 is 9.47 Å². The third-order valence-electron chi connectivity index (χ3n) is 3.08. The summed E-state index contributed by atoms with van der Waals surface area (Å²) in [6, 6.07) is 0.576. The van der Waals surface area contributed by atoms with Gasteiger partial charge in [-0.1, -0.05) is 0 Å². The Bertz CT molecular complexity index is 183. The zero-order valence-corrected chi connectivity index (χ0v) is 11.2. The SMILES string of the molecule is CC(NCCOC(C)(C)C)C1CCOCC1. The molecule has 3 heteroatoms. The van der Waals surface area contributed by atoms with Crippen LogP contribution in [-0.2, 0) is 9.47 Å². The molecule has 1 unspecified atom stereocenters. The Morgan fingerprint density at radius 1 is 1.31 bits per heavy atom. The average Bonchev–Trinajstić information content (AvgIpc) is 2.24. The Hall–Kier alpha value is -0.120. The second kappa shape index (κ2) is 6.58. The highest BCUT2D eigenvalue weighted by Crippen LogP contribution is 2.18. The van der Waals surface area contributed by atoms with E-state index in [1.165, 1.54) is 12.8 Å². The predicted octanol–water partition coefficient (Wildman–Crippen LogP) is 2.21. The molecule has 0 radical (unpaired) electrons. The van der Waals surface area contributed by atoms with E-state index in [0.29, 0.717) is 6.04 Å². The van der Waals surface area contributed by atoms with Gasteiger partial charge in [0.2, 0.25) is 0 Å². The molecule has 16 heavy (non-hydrogen) atoms. The standard InChI is InChI=1S/C13H27NO2/c1-11(12-5-8-15-9-6-12)14-7-10-16-13(2,3)4/h11-12,14H,5-10H2,1-4H3. The maximum atomic E-state index is 5.68. The summed E-state index contributed by atoms with van der Waals surface area (Å²) in [6.45, 7) is 12.1. The molecule has 0 aliphatic carbocycles. The topological polar surface area (TPSA) is 30.5 Å². The minimum atomic E-state index is -0.0242. The first-order chi connectivity index (χ1) is 7.49. The lowest BCUT2D eigenvalue weighted by Crippen LogP contribution is -2.39. The van der Waals surface area contributed by atoms with Crippen LogP contribution in [0.5, 0.6) is 0 Å². The van der Waals surface area contributed by atoms with E-state index >= 15 is 0 Å². The van der Waals surface area contributed by atoms with Gasteiger partial charge in [0, 0.05) is 25.8 Å². The second-order valence-corrected chi connectivity index (χ2v) is 5.65. The van der Waals surface area contributed by atoms with Gasteiger partial charge in [-0.25, -0.2) is 0 Å². The predicted molar refractivity (Wildman–Crippen MR) is 66.7 cm³/mol. The van der Waals surface area contributed by atoms with E-state index in [4.69, 9.17) is 9.47 Å². The maximum Gasteiger partial charge on any atom is 0.0599 e. The first-order valence-electron chi connectivity index (χ1n) is 6.44. The summed E-state index contributed by atoms with van der Waals surface area (Å²) in [4.78, 5) is 0. The molecule has 1 saturated heterocycles. The lowest BCUT2D eigenvalue weighted by Gasteiger charge is -2.29. The third-order valence-corrected chi connectivity index (χ3v) is 3.08. The molecular weight excluding hydrogens is 202 g/mol. The van der Waals surface area contributed by atoms with Gasteiger partial charge in [-0.3, -0.25) is 0 Å². The van der Waals surface area contributed by atoms with Crippen molar-refractivity contribution >= 4 is 0 Å². The van der Waals surface area contributed by atoms with Crippen LogP contribution in [-0.4, -0.2) is 38.0 Å². The van der Waals surface area contributed by atoms with Gasteiger partial charge < -0.3 is 14.8 Å². The van der Waals surface area contributed by atoms with Crippen LogP contribution < -0.4 is 5.32 Å². The first-order valence-corrected chi connectivity index (χ1v) is 6.44. The van der Waals surface area contributed by atoms with Gasteiger partial charge in [-0.2, -0.15) is 0 Å². The molecule has 1 rings (SSSR count). The van der Waals surface area contributed by atoms with Crippen LogP contribution >= 0.6 is 0 Å². The molecule has 1 atom stereocenters. The van der Waals surface area contributed by atoms with Crippen LogP contribution in [0.1, 0.15) is 40.5 Å². The van der Waals surface area contributed by atoms with Crippen molar-refractivity contribution in [2.24, 2.45) is 5.92 Å². The highest BCUT2D eigenvalue weighted by molar-refractivity contribution is 4.74. The van der Waals surface area contributed by atoms with Crippen molar-refractivity contribution in [1.82, 2.24) is 5.32 Å². The van der Waals surface area contributed by atoms with E-state index in [1.54, 1.807) is 0 Å². The van der Waals surface area contributed by atoms with E-state index < -0.39 is 0 Å². The molecule has 1 fully saturated rings. The van der Waals surface area contributed by atoms with Gasteiger partial charge in [0.1, 0.15) is 0 Å². The van der Waals surface area contributed by atoms with Crippen LogP contribution in [0.15, 0.2) is 0 Å². The molecule has 0 saturated carbocycles. The van der Waals surface area contributed by atoms with Crippen molar-refractivity contribution in [3.05, 3.63) is 0 Å². The van der Waals surface area contributed by atoms with Crippen molar-refractivity contribution in [1.29, 1.82) is 0 Å². The molecule has 1 aliphatic rings. The van der Waals surface area contributed by atoms with Crippen molar-refractivity contribution in [2.45, 2.75) is 52.2 Å². The number of rotatable bonds is 5. The van der Waals surface area contributed by atoms with E-state index in [1.807, 2.05) is 0 Å². The Kier molecular flexibility index (Phi) is 5.73. The van der Waals surface area contributed by atoms with Gasteiger partial charge in [0.15, 0.2) is 0 Å². The fourth-order valence-electron chi connectivity index (χ4n) is 2.03. The summed E-state index contributed by atoms with van der Waals surface area (Å²) in [5.74, 6) is 0.767. The highest BCUT2D eigenvalue weighted by Gasteiger charge is 2.19. The minimum Gasteiger partial charge on any atom is -0.381 e. The summed E-state index contributed by atoms with van der Waals surface area (Å²) in [7, 11) is 0. The number of hydrogen-bond donors (Lipinski definition) is 1. The smallest absolute Gasteiger partial charge is 0.0599 e. The molecule has 0 bridgehead atoms. The second-order valence-electron chi connectivity index (χ2n) is 5.65. The summed E-state index contributed by atoms with van der Waals surface area (Å²) >= 11 is 0. The van der Waals surface area contributed by atoms with Crippen LogP contribution in [0, 0.1) is 5.92 Å². The quantitative estimate of drug-likeness (QED) is 0.733. The molecule has 0 aromatic carbocycles. The third kappa shape index (κ3) is 5.83. The Balaban J connectivity index is 2.07. The molecule has 3 nitrogen and oxygen atoms in total.